The number of benzene rings is 1. The first kappa shape index (κ1) is 11.2. The fraction of sp³-hybridized carbons (Fsp3) is 0.222. The number of hydrogen-bond donors (Lipinski definition) is 2. The molecule has 0 saturated carbocycles. The molecule has 0 aliphatic carbocycles. The first-order chi connectivity index (χ1) is 7.00. The highest BCUT2D eigenvalue weighted by Gasteiger charge is 2.13. The van der Waals surface area contributed by atoms with Crippen molar-refractivity contribution in [2.75, 3.05) is 12.3 Å². The monoisotopic (exact) mass is 217 g/mol. The molecule has 0 atom stereocenters. The van der Waals surface area contributed by atoms with Crippen molar-refractivity contribution >= 4 is 11.7 Å². The van der Waals surface area contributed by atoms with Gasteiger partial charge >= 0.3 is 5.97 Å². The zero-order valence-electron chi connectivity index (χ0n) is 7.61. The van der Waals surface area contributed by atoms with Crippen LogP contribution in [0.1, 0.15) is 10.4 Å². The fourth-order valence-electron chi connectivity index (χ4n) is 0.993. The van der Waals surface area contributed by atoms with Gasteiger partial charge in [-0.25, -0.2) is 13.6 Å². The number of nitrogens with two attached hydrogens (primary N) is 1. The number of rotatable bonds is 4. The van der Waals surface area contributed by atoms with E-state index < -0.39 is 19.0 Å². The van der Waals surface area contributed by atoms with Gasteiger partial charge in [-0.3, -0.25) is 0 Å². The van der Waals surface area contributed by atoms with Crippen LogP contribution in [0.5, 0.6) is 5.75 Å². The van der Waals surface area contributed by atoms with Crippen LogP contribution < -0.4 is 10.5 Å². The van der Waals surface area contributed by atoms with Crippen molar-refractivity contribution in [2.24, 2.45) is 0 Å². The lowest BCUT2D eigenvalue weighted by molar-refractivity contribution is 0.0664. The molecule has 1 aromatic carbocycles. The molecular weight excluding hydrogens is 208 g/mol. The second kappa shape index (κ2) is 4.59. The van der Waals surface area contributed by atoms with Gasteiger partial charge in [0.05, 0.1) is 0 Å². The Morgan fingerprint density at radius 1 is 1.53 bits per heavy atom. The van der Waals surface area contributed by atoms with Crippen LogP contribution in [0.15, 0.2) is 18.2 Å². The zero-order chi connectivity index (χ0) is 11.4. The Kier molecular flexibility index (Phi) is 3.43. The normalized spacial score (nSPS) is 10.3. The van der Waals surface area contributed by atoms with Crippen molar-refractivity contribution in [2.45, 2.75) is 6.43 Å². The Morgan fingerprint density at radius 3 is 2.73 bits per heavy atom. The third-order valence-electron chi connectivity index (χ3n) is 1.60. The molecule has 0 spiro atoms. The molecule has 0 fully saturated rings. The number of aromatic carboxylic acids is 1. The molecule has 4 nitrogen and oxygen atoms in total. The number of anilines is 1. The summed E-state index contributed by atoms with van der Waals surface area (Å²) in [4.78, 5) is 10.7. The van der Waals surface area contributed by atoms with Gasteiger partial charge in [0.1, 0.15) is 17.9 Å². The predicted octanol–water partition coefficient (Wildman–Crippen LogP) is 1.61. The summed E-state index contributed by atoms with van der Waals surface area (Å²) in [7, 11) is 0. The van der Waals surface area contributed by atoms with Gasteiger partial charge in [-0.1, -0.05) is 0 Å². The number of carboxylic acids is 1. The Morgan fingerprint density at radius 2 is 2.20 bits per heavy atom. The van der Waals surface area contributed by atoms with Gasteiger partial charge in [0, 0.05) is 5.69 Å². The molecule has 0 radical (unpaired) electrons. The van der Waals surface area contributed by atoms with Crippen LogP contribution in [0.2, 0.25) is 0 Å². The van der Waals surface area contributed by atoms with E-state index in [0.29, 0.717) is 0 Å². The van der Waals surface area contributed by atoms with Crippen molar-refractivity contribution < 1.29 is 23.4 Å². The summed E-state index contributed by atoms with van der Waals surface area (Å²) < 4.78 is 28.3. The molecule has 0 aromatic heterocycles. The van der Waals surface area contributed by atoms with Gasteiger partial charge in [0.2, 0.25) is 0 Å². The Balaban J connectivity index is 2.91. The number of ether oxygens (including phenoxy) is 1. The molecular formula is C9H9F2NO3. The third kappa shape index (κ3) is 3.08. The highest BCUT2D eigenvalue weighted by atomic mass is 19.3. The van der Waals surface area contributed by atoms with Crippen molar-refractivity contribution in [3.05, 3.63) is 23.8 Å². The van der Waals surface area contributed by atoms with E-state index in [1.54, 1.807) is 0 Å². The third-order valence-corrected chi connectivity index (χ3v) is 1.60. The second-order valence-electron chi connectivity index (χ2n) is 2.76. The highest BCUT2D eigenvalue weighted by Crippen LogP contribution is 2.21. The van der Waals surface area contributed by atoms with Crippen LogP contribution in [0.25, 0.3) is 0 Å². The maximum Gasteiger partial charge on any atom is 0.339 e. The summed E-state index contributed by atoms with van der Waals surface area (Å²) in [5.41, 5.74) is 5.36. The molecule has 15 heavy (non-hydrogen) atoms. The Labute approximate surface area is 84.3 Å². The number of nitrogen functional groups attached to an aromatic ring is 1. The van der Waals surface area contributed by atoms with Crippen LogP contribution in [-0.4, -0.2) is 24.1 Å². The highest BCUT2D eigenvalue weighted by molar-refractivity contribution is 5.92. The molecule has 0 bridgehead atoms. The fourth-order valence-corrected chi connectivity index (χ4v) is 0.993. The van der Waals surface area contributed by atoms with Gasteiger partial charge in [-0.05, 0) is 18.2 Å². The molecule has 6 heteroatoms. The molecule has 1 rings (SSSR count). The van der Waals surface area contributed by atoms with Crippen molar-refractivity contribution in [3.8, 4) is 5.75 Å². The molecule has 0 saturated heterocycles. The number of hydrogen-bond acceptors (Lipinski definition) is 3. The largest absolute Gasteiger partial charge is 0.487 e. The van der Waals surface area contributed by atoms with E-state index in [9.17, 15) is 13.6 Å². The average Bonchev–Trinajstić information content (AvgIpc) is 2.15. The van der Waals surface area contributed by atoms with Gasteiger partial charge in [0.15, 0.2) is 0 Å². The summed E-state index contributed by atoms with van der Waals surface area (Å²) in [6.45, 7) is -0.843. The molecule has 82 valence electrons. The van der Waals surface area contributed by atoms with Crippen molar-refractivity contribution in [3.63, 3.8) is 0 Å². The van der Waals surface area contributed by atoms with Crippen LogP contribution in [0.4, 0.5) is 14.5 Å². The smallest absolute Gasteiger partial charge is 0.339 e. The zero-order valence-corrected chi connectivity index (χ0v) is 7.61. The minimum absolute atomic E-state index is 0.114. The van der Waals surface area contributed by atoms with E-state index in [2.05, 4.69) is 4.74 Å². The molecule has 0 aliphatic heterocycles. The summed E-state index contributed by atoms with van der Waals surface area (Å²) in [6.07, 6.45) is -2.65. The molecule has 0 aliphatic rings. The molecule has 0 amide bonds. The maximum absolute atomic E-state index is 11.8. The van der Waals surface area contributed by atoms with E-state index in [-0.39, 0.29) is 17.0 Å². The summed E-state index contributed by atoms with van der Waals surface area (Å²) in [5.74, 6) is -1.39. The summed E-state index contributed by atoms with van der Waals surface area (Å²) in [6, 6.07) is 3.79. The summed E-state index contributed by atoms with van der Waals surface area (Å²) in [5, 5.41) is 8.73. The van der Waals surface area contributed by atoms with Crippen molar-refractivity contribution in [1.82, 2.24) is 0 Å². The van der Waals surface area contributed by atoms with E-state index >= 15 is 0 Å². The van der Waals surface area contributed by atoms with Crippen LogP contribution in [-0.2, 0) is 0 Å². The van der Waals surface area contributed by atoms with E-state index in [1.165, 1.54) is 12.1 Å². The number of carboxylic acid groups (broad SMARTS) is 1. The van der Waals surface area contributed by atoms with Gasteiger partial charge in [-0.2, -0.15) is 0 Å². The number of carbonyl (C=O) groups is 1. The van der Waals surface area contributed by atoms with Gasteiger partial charge < -0.3 is 15.6 Å². The SMILES string of the molecule is Nc1ccc(OCC(F)F)c(C(=O)O)c1. The molecule has 0 unspecified atom stereocenters. The lowest BCUT2D eigenvalue weighted by atomic mass is 10.2. The molecule has 1 aromatic rings. The predicted molar refractivity (Wildman–Crippen MR) is 49.3 cm³/mol. The Hall–Kier alpha value is -1.85. The van der Waals surface area contributed by atoms with Gasteiger partial charge in [0.25, 0.3) is 6.43 Å². The van der Waals surface area contributed by atoms with Crippen LogP contribution in [0.3, 0.4) is 0 Å². The average molecular weight is 217 g/mol. The molecule has 0 heterocycles. The first-order valence-corrected chi connectivity index (χ1v) is 4.04. The van der Waals surface area contributed by atoms with E-state index in [4.69, 9.17) is 10.8 Å². The molecule has 3 N–H and O–H groups in total. The van der Waals surface area contributed by atoms with E-state index in [1.807, 2.05) is 0 Å². The lowest BCUT2D eigenvalue weighted by Crippen LogP contribution is -2.10. The standard InChI is InChI=1S/C9H9F2NO3/c10-8(11)4-15-7-2-1-5(12)3-6(7)9(13)14/h1-3,8H,4,12H2,(H,13,14). The number of halogens is 2. The maximum atomic E-state index is 11.8. The topological polar surface area (TPSA) is 72.5 Å². The lowest BCUT2D eigenvalue weighted by Gasteiger charge is -2.08. The summed E-state index contributed by atoms with van der Waals surface area (Å²) >= 11 is 0. The van der Waals surface area contributed by atoms with E-state index in [0.717, 1.165) is 6.07 Å². The quantitative estimate of drug-likeness (QED) is 0.751. The van der Waals surface area contributed by atoms with Crippen LogP contribution in [0, 0.1) is 0 Å². The Bertz CT molecular complexity index is 368. The first-order valence-electron chi connectivity index (χ1n) is 4.04. The van der Waals surface area contributed by atoms with Crippen LogP contribution >= 0.6 is 0 Å². The second-order valence-corrected chi connectivity index (χ2v) is 2.76. The minimum Gasteiger partial charge on any atom is -0.487 e. The minimum atomic E-state index is -2.65. The number of alkyl halides is 2. The van der Waals surface area contributed by atoms with Gasteiger partial charge in [-0.15, -0.1) is 0 Å². The van der Waals surface area contributed by atoms with Crippen molar-refractivity contribution in [1.29, 1.82) is 0 Å².